The van der Waals surface area contributed by atoms with Crippen LogP contribution in [0, 0.1) is 11.3 Å². The molecule has 1 saturated heterocycles. The number of para-hydroxylation sites is 1. The maximum absolute atomic E-state index is 12.3. The van der Waals surface area contributed by atoms with Gasteiger partial charge in [0, 0.05) is 19.5 Å². The fourth-order valence-corrected chi connectivity index (χ4v) is 3.33. The van der Waals surface area contributed by atoms with E-state index in [0.717, 1.165) is 38.3 Å². The van der Waals surface area contributed by atoms with Crippen LogP contribution in [-0.4, -0.2) is 30.5 Å². The molecule has 0 radical (unpaired) electrons. The van der Waals surface area contributed by atoms with Gasteiger partial charge in [-0.1, -0.05) is 59.7 Å². The molecule has 3 nitrogen and oxygen atoms in total. The molecule has 1 fully saturated rings. The molecule has 140 valence electrons. The number of carbonyl (C=O) groups is 1. The van der Waals surface area contributed by atoms with Gasteiger partial charge in [0.25, 0.3) is 0 Å². The van der Waals surface area contributed by atoms with Gasteiger partial charge in [0.05, 0.1) is 6.61 Å². The third kappa shape index (κ3) is 6.05. The molecule has 25 heavy (non-hydrogen) atoms. The molecule has 3 heteroatoms. The molecule has 1 heterocycles. The molecule has 0 N–H and O–H groups in total. The van der Waals surface area contributed by atoms with Gasteiger partial charge < -0.3 is 9.64 Å². The Kier molecular flexibility index (Phi) is 6.18. The van der Waals surface area contributed by atoms with Crippen molar-refractivity contribution in [1.29, 1.82) is 0 Å². The lowest BCUT2D eigenvalue weighted by atomic mass is 9.86. The summed E-state index contributed by atoms with van der Waals surface area (Å²) in [5.41, 5.74) is 1.40. The average molecular weight is 346 g/mol. The molecule has 0 atom stereocenters. The largest absolute Gasteiger partial charge is 0.493 e. The summed E-state index contributed by atoms with van der Waals surface area (Å²) in [5, 5.41) is 0. The highest BCUT2D eigenvalue weighted by molar-refractivity contribution is 5.76. The molecule has 1 aliphatic rings. The summed E-state index contributed by atoms with van der Waals surface area (Å²) < 4.78 is 6.18. The average Bonchev–Trinajstić information content (AvgIpc) is 2.51. The molecule has 0 aromatic heterocycles. The van der Waals surface area contributed by atoms with Crippen molar-refractivity contribution in [3.8, 4) is 5.75 Å². The van der Waals surface area contributed by atoms with Crippen molar-refractivity contribution in [3.05, 3.63) is 29.8 Å². The van der Waals surface area contributed by atoms with E-state index in [-0.39, 0.29) is 10.8 Å². The van der Waals surface area contributed by atoms with Crippen molar-refractivity contribution in [2.75, 3.05) is 19.7 Å². The van der Waals surface area contributed by atoms with E-state index in [9.17, 15) is 4.79 Å². The number of hydrogen-bond acceptors (Lipinski definition) is 2. The van der Waals surface area contributed by atoms with Crippen LogP contribution in [0.2, 0.25) is 0 Å². The van der Waals surface area contributed by atoms with E-state index in [2.05, 4.69) is 59.7 Å². The lowest BCUT2D eigenvalue weighted by Gasteiger charge is -2.34. The molecule has 2 rings (SSSR count). The van der Waals surface area contributed by atoms with E-state index in [4.69, 9.17) is 4.74 Å². The van der Waals surface area contributed by atoms with Gasteiger partial charge in [0.1, 0.15) is 5.75 Å². The van der Waals surface area contributed by atoms with Crippen molar-refractivity contribution in [2.45, 2.75) is 66.2 Å². The summed E-state index contributed by atoms with van der Waals surface area (Å²) >= 11 is 0. The van der Waals surface area contributed by atoms with Gasteiger partial charge in [0.15, 0.2) is 0 Å². The molecular weight excluding hydrogens is 310 g/mol. The Bertz CT molecular complexity index is 572. The van der Waals surface area contributed by atoms with Gasteiger partial charge >= 0.3 is 0 Å². The molecular formula is C22H35NO2. The number of amides is 1. The zero-order chi connectivity index (χ0) is 18.7. The molecule has 0 aliphatic carbocycles. The van der Waals surface area contributed by atoms with Crippen molar-refractivity contribution in [1.82, 2.24) is 4.90 Å². The summed E-state index contributed by atoms with van der Waals surface area (Å²) in [6, 6.07) is 8.34. The highest BCUT2D eigenvalue weighted by atomic mass is 16.5. The predicted molar refractivity (Wildman–Crippen MR) is 104 cm³/mol. The Balaban J connectivity index is 1.85. The van der Waals surface area contributed by atoms with Crippen LogP contribution < -0.4 is 4.74 Å². The number of nitrogens with zero attached hydrogens (tertiary/aromatic N) is 1. The predicted octanol–water partition coefficient (Wildman–Crippen LogP) is 5.04. The standard InChI is InChI=1S/C22H35NO2/c1-21(2,3)15-20(24)23-13-11-17(12-14-23)16-25-19-10-8-7-9-18(19)22(4,5)6/h7-10,17H,11-16H2,1-6H3. The Morgan fingerprint density at radius 3 is 2.24 bits per heavy atom. The van der Waals surface area contributed by atoms with Crippen LogP contribution in [0.5, 0.6) is 5.75 Å². The Hall–Kier alpha value is -1.51. The summed E-state index contributed by atoms with van der Waals surface area (Å²) in [6.07, 6.45) is 2.70. The fourth-order valence-electron chi connectivity index (χ4n) is 3.33. The van der Waals surface area contributed by atoms with E-state index >= 15 is 0 Å². The van der Waals surface area contributed by atoms with Crippen LogP contribution >= 0.6 is 0 Å². The van der Waals surface area contributed by atoms with Crippen molar-refractivity contribution in [3.63, 3.8) is 0 Å². The topological polar surface area (TPSA) is 29.5 Å². The zero-order valence-corrected chi connectivity index (χ0v) is 16.9. The molecule has 1 amide bonds. The van der Waals surface area contributed by atoms with Crippen LogP contribution in [-0.2, 0) is 10.2 Å². The van der Waals surface area contributed by atoms with Gasteiger partial charge in [-0.3, -0.25) is 4.79 Å². The van der Waals surface area contributed by atoms with E-state index in [0.29, 0.717) is 18.2 Å². The number of piperidine rings is 1. The van der Waals surface area contributed by atoms with Crippen LogP contribution in [0.25, 0.3) is 0 Å². The second kappa shape index (κ2) is 7.80. The minimum Gasteiger partial charge on any atom is -0.493 e. The molecule has 0 saturated carbocycles. The number of benzene rings is 1. The van der Waals surface area contributed by atoms with Gasteiger partial charge in [-0.05, 0) is 41.2 Å². The van der Waals surface area contributed by atoms with Crippen LogP contribution in [0.4, 0.5) is 0 Å². The van der Waals surface area contributed by atoms with Gasteiger partial charge in [-0.15, -0.1) is 0 Å². The third-order valence-electron chi connectivity index (χ3n) is 4.82. The minimum atomic E-state index is 0.0632. The summed E-state index contributed by atoms with van der Waals surface area (Å²) in [6.45, 7) is 15.5. The molecule has 0 bridgehead atoms. The maximum Gasteiger partial charge on any atom is 0.223 e. The zero-order valence-electron chi connectivity index (χ0n) is 16.9. The third-order valence-corrected chi connectivity index (χ3v) is 4.82. The van der Waals surface area contributed by atoms with E-state index < -0.39 is 0 Å². The molecule has 1 aromatic carbocycles. The molecule has 1 aliphatic heterocycles. The second-order valence-electron chi connectivity index (χ2n) is 9.62. The summed E-state index contributed by atoms with van der Waals surface area (Å²) in [5.74, 6) is 1.83. The van der Waals surface area contributed by atoms with Gasteiger partial charge in [-0.2, -0.15) is 0 Å². The van der Waals surface area contributed by atoms with E-state index in [1.807, 2.05) is 11.0 Å². The first-order chi connectivity index (χ1) is 11.6. The maximum atomic E-state index is 12.3. The number of hydrogen-bond donors (Lipinski definition) is 0. The van der Waals surface area contributed by atoms with Crippen molar-refractivity contribution >= 4 is 5.91 Å². The minimum absolute atomic E-state index is 0.0632. The number of likely N-dealkylation sites (tertiary alicyclic amines) is 1. The van der Waals surface area contributed by atoms with Gasteiger partial charge in [-0.25, -0.2) is 0 Å². The first kappa shape index (κ1) is 19.8. The Labute approximate surface area is 153 Å². The molecule has 0 spiro atoms. The fraction of sp³-hybridized carbons (Fsp3) is 0.682. The quantitative estimate of drug-likeness (QED) is 0.765. The van der Waals surface area contributed by atoms with E-state index in [1.54, 1.807) is 0 Å². The highest BCUT2D eigenvalue weighted by Gasteiger charge is 2.26. The van der Waals surface area contributed by atoms with Crippen LogP contribution in [0.15, 0.2) is 24.3 Å². The smallest absolute Gasteiger partial charge is 0.223 e. The SMILES string of the molecule is CC(C)(C)CC(=O)N1CCC(COc2ccccc2C(C)(C)C)CC1. The number of rotatable bonds is 4. The Morgan fingerprint density at radius 1 is 1.08 bits per heavy atom. The molecule has 1 aromatic rings. The molecule has 0 unspecified atom stereocenters. The number of carbonyl (C=O) groups excluding carboxylic acids is 1. The monoisotopic (exact) mass is 345 g/mol. The van der Waals surface area contributed by atoms with Crippen LogP contribution in [0.1, 0.15) is 66.4 Å². The lowest BCUT2D eigenvalue weighted by molar-refractivity contribution is -0.134. The van der Waals surface area contributed by atoms with Gasteiger partial charge in [0.2, 0.25) is 5.91 Å². The second-order valence-corrected chi connectivity index (χ2v) is 9.62. The van der Waals surface area contributed by atoms with Crippen molar-refractivity contribution < 1.29 is 9.53 Å². The first-order valence-corrected chi connectivity index (χ1v) is 9.56. The summed E-state index contributed by atoms with van der Waals surface area (Å²) in [7, 11) is 0. The number of ether oxygens (including phenoxy) is 1. The highest BCUT2D eigenvalue weighted by Crippen LogP contribution is 2.32. The summed E-state index contributed by atoms with van der Waals surface area (Å²) in [4.78, 5) is 14.4. The van der Waals surface area contributed by atoms with Crippen molar-refractivity contribution in [2.24, 2.45) is 11.3 Å². The normalized spacial score (nSPS) is 16.8. The lowest BCUT2D eigenvalue weighted by Crippen LogP contribution is -2.41. The van der Waals surface area contributed by atoms with Crippen LogP contribution in [0.3, 0.4) is 0 Å². The van der Waals surface area contributed by atoms with E-state index in [1.165, 1.54) is 5.56 Å². The first-order valence-electron chi connectivity index (χ1n) is 9.56. The Morgan fingerprint density at radius 2 is 1.68 bits per heavy atom.